The molecule has 1 aliphatic heterocycles. The standard InChI is InChI=1S/C38H42N6O3/c1-25-14-16-31(17-15-25)44-33(24-32(41-44)38(3,4)5)40-37(46)39-30-13-9-10-28(23-30)22-27-18-20-43(21-19-27)36(45)34-26(2)47-42-35(34)29-11-7-6-8-12-29/h6-17,23-24,27H,18-22H2,1-5H3,(H2,39,40,46). The smallest absolute Gasteiger partial charge is 0.324 e. The molecule has 1 aliphatic rings. The van der Waals surface area contributed by atoms with Crippen LogP contribution in [0.4, 0.5) is 16.3 Å². The van der Waals surface area contributed by atoms with Gasteiger partial charge in [-0.1, -0.05) is 86.1 Å². The summed E-state index contributed by atoms with van der Waals surface area (Å²) < 4.78 is 7.22. The zero-order chi connectivity index (χ0) is 33.1. The van der Waals surface area contributed by atoms with Crippen molar-refractivity contribution in [2.75, 3.05) is 23.7 Å². The second-order valence-corrected chi connectivity index (χ2v) is 13.5. The predicted octanol–water partition coefficient (Wildman–Crippen LogP) is 8.18. The second kappa shape index (κ2) is 13.3. The summed E-state index contributed by atoms with van der Waals surface area (Å²) in [6, 6.07) is 27.3. The number of aryl methyl sites for hydroxylation is 2. The van der Waals surface area contributed by atoms with Crippen molar-refractivity contribution in [3.05, 3.63) is 113 Å². The number of rotatable bonds is 7. The van der Waals surface area contributed by atoms with Crippen LogP contribution in [-0.4, -0.2) is 44.9 Å². The first-order valence-electron chi connectivity index (χ1n) is 16.2. The molecular formula is C38H42N6O3. The quantitative estimate of drug-likeness (QED) is 0.189. The molecule has 0 atom stereocenters. The van der Waals surface area contributed by atoms with Gasteiger partial charge in [0.1, 0.15) is 22.8 Å². The van der Waals surface area contributed by atoms with E-state index in [1.807, 2.05) is 90.7 Å². The number of hydrogen-bond donors (Lipinski definition) is 2. The van der Waals surface area contributed by atoms with Crippen molar-refractivity contribution in [2.45, 2.75) is 59.3 Å². The van der Waals surface area contributed by atoms with E-state index in [4.69, 9.17) is 9.62 Å². The Morgan fingerprint density at radius 3 is 2.32 bits per heavy atom. The van der Waals surface area contributed by atoms with Crippen LogP contribution in [0.15, 0.2) is 89.5 Å². The third kappa shape index (κ3) is 7.30. The fourth-order valence-electron chi connectivity index (χ4n) is 6.02. The van der Waals surface area contributed by atoms with Crippen LogP contribution in [0.5, 0.6) is 0 Å². The van der Waals surface area contributed by atoms with E-state index in [2.05, 4.69) is 42.6 Å². The zero-order valence-corrected chi connectivity index (χ0v) is 27.7. The molecule has 47 heavy (non-hydrogen) atoms. The van der Waals surface area contributed by atoms with Crippen LogP contribution in [-0.2, 0) is 11.8 Å². The molecule has 6 rings (SSSR count). The van der Waals surface area contributed by atoms with Crippen molar-refractivity contribution in [3.8, 4) is 16.9 Å². The van der Waals surface area contributed by atoms with Gasteiger partial charge in [-0.25, -0.2) is 9.48 Å². The van der Waals surface area contributed by atoms with Gasteiger partial charge in [0.2, 0.25) is 0 Å². The molecular weight excluding hydrogens is 588 g/mol. The number of piperidine rings is 1. The van der Waals surface area contributed by atoms with Gasteiger partial charge < -0.3 is 14.7 Å². The predicted molar refractivity (Wildman–Crippen MR) is 185 cm³/mol. The van der Waals surface area contributed by atoms with E-state index in [1.54, 1.807) is 11.6 Å². The van der Waals surface area contributed by atoms with Crippen LogP contribution < -0.4 is 10.6 Å². The summed E-state index contributed by atoms with van der Waals surface area (Å²) in [6.45, 7) is 11.5. The average molecular weight is 631 g/mol. The third-order valence-electron chi connectivity index (χ3n) is 8.73. The zero-order valence-electron chi connectivity index (χ0n) is 27.7. The molecule has 9 nitrogen and oxygen atoms in total. The summed E-state index contributed by atoms with van der Waals surface area (Å²) in [4.78, 5) is 28.7. The Morgan fingerprint density at radius 1 is 0.894 bits per heavy atom. The van der Waals surface area contributed by atoms with E-state index >= 15 is 0 Å². The van der Waals surface area contributed by atoms with Gasteiger partial charge in [-0.15, -0.1) is 0 Å². The van der Waals surface area contributed by atoms with E-state index in [-0.39, 0.29) is 17.4 Å². The van der Waals surface area contributed by atoms with Crippen LogP contribution in [0.1, 0.15) is 66.6 Å². The lowest BCUT2D eigenvalue weighted by atomic mass is 9.89. The lowest BCUT2D eigenvalue weighted by molar-refractivity contribution is 0.0689. The fourth-order valence-corrected chi connectivity index (χ4v) is 6.02. The Balaban J connectivity index is 1.07. The van der Waals surface area contributed by atoms with Crippen LogP contribution >= 0.6 is 0 Å². The lowest BCUT2D eigenvalue weighted by Crippen LogP contribution is -2.39. The van der Waals surface area contributed by atoms with Gasteiger partial charge in [0.05, 0.1) is 11.4 Å². The van der Waals surface area contributed by atoms with E-state index in [0.717, 1.165) is 53.0 Å². The molecule has 9 heteroatoms. The monoisotopic (exact) mass is 630 g/mol. The number of aromatic nitrogens is 3. The normalized spacial score (nSPS) is 13.9. The van der Waals surface area contributed by atoms with E-state index in [1.165, 1.54) is 0 Å². The Hall–Kier alpha value is -5.18. The highest BCUT2D eigenvalue weighted by molar-refractivity contribution is 6.01. The van der Waals surface area contributed by atoms with Crippen molar-refractivity contribution >= 4 is 23.4 Å². The van der Waals surface area contributed by atoms with Crippen LogP contribution in [0.3, 0.4) is 0 Å². The number of amides is 3. The number of anilines is 2. The lowest BCUT2D eigenvalue weighted by Gasteiger charge is -2.32. The molecule has 2 N–H and O–H groups in total. The summed E-state index contributed by atoms with van der Waals surface area (Å²) in [5.41, 5.74) is 6.62. The Kier molecular flexibility index (Phi) is 8.98. The number of urea groups is 1. The van der Waals surface area contributed by atoms with Crippen molar-refractivity contribution in [1.29, 1.82) is 0 Å². The van der Waals surface area contributed by atoms with Gasteiger partial charge in [0.15, 0.2) is 0 Å². The number of benzene rings is 3. The summed E-state index contributed by atoms with van der Waals surface area (Å²) in [5.74, 6) is 1.54. The number of nitrogens with one attached hydrogen (secondary N) is 2. The molecule has 242 valence electrons. The van der Waals surface area contributed by atoms with Crippen LogP contribution in [0.25, 0.3) is 16.9 Å². The molecule has 3 amide bonds. The molecule has 0 unspecified atom stereocenters. The maximum Gasteiger partial charge on any atom is 0.324 e. The topological polar surface area (TPSA) is 105 Å². The first-order valence-corrected chi connectivity index (χ1v) is 16.2. The minimum atomic E-state index is -0.332. The molecule has 0 bridgehead atoms. The van der Waals surface area contributed by atoms with Crippen molar-refractivity contribution in [3.63, 3.8) is 0 Å². The summed E-state index contributed by atoms with van der Waals surface area (Å²) in [5, 5.41) is 15.0. The average Bonchev–Trinajstić information content (AvgIpc) is 3.66. The number of nitrogens with zero attached hydrogens (tertiary/aromatic N) is 4. The van der Waals surface area contributed by atoms with Gasteiger partial charge in [-0.05, 0) is 68.9 Å². The summed E-state index contributed by atoms with van der Waals surface area (Å²) in [6.07, 6.45) is 2.66. The highest BCUT2D eigenvalue weighted by atomic mass is 16.5. The molecule has 0 radical (unpaired) electrons. The molecule has 1 fully saturated rings. The van der Waals surface area contributed by atoms with Crippen molar-refractivity contribution < 1.29 is 14.1 Å². The molecule has 0 aliphatic carbocycles. The summed E-state index contributed by atoms with van der Waals surface area (Å²) in [7, 11) is 0. The largest absolute Gasteiger partial charge is 0.360 e. The minimum Gasteiger partial charge on any atom is -0.360 e. The number of carbonyl (C=O) groups excluding carboxylic acids is 2. The molecule has 1 saturated heterocycles. The number of carbonyl (C=O) groups is 2. The molecule has 5 aromatic rings. The highest BCUT2D eigenvalue weighted by Gasteiger charge is 2.29. The first kappa shape index (κ1) is 31.8. The van der Waals surface area contributed by atoms with E-state index < -0.39 is 0 Å². The highest BCUT2D eigenvalue weighted by Crippen LogP contribution is 2.30. The van der Waals surface area contributed by atoms with Crippen molar-refractivity contribution in [1.82, 2.24) is 19.8 Å². The SMILES string of the molecule is Cc1ccc(-n2nc(C(C)(C)C)cc2NC(=O)Nc2cccc(CC3CCN(C(=O)c4c(-c5ccccc5)noc4C)CC3)c2)cc1. The maximum absolute atomic E-state index is 13.6. The van der Waals surface area contributed by atoms with Gasteiger partial charge >= 0.3 is 6.03 Å². The number of likely N-dealkylation sites (tertiary alicyclic amines) is 1. The van der Waals surface area contributed by atoms with Crippen LogP contribution in [0, 0.1) is 19.8 Å². The molecule has 0 spiro atoms. The van der Waals surface area contributed by atoms with E-state index in [9.17, 15) is 9.59 Å². The minimum absolute atomic E-state index is 0.0309. The van der Waals surface area contributed by atoms with Gasteiger partial charge in [-0.3, -0.25) is 10.1 Å². The third-order valence-corrected chi connectivity index (χ3v) is 8.73. The van der Waals surface area contributed by atoms with E-state index in [0.29, 0.717) is 41.8 Å². The molecule has 3 heterocycles. The Labute approximate surface area is 276 Å². The molecule has 3 aromatic carbocycles. The number of hydrogen-bond acceptors (Lipinski definition) is 5. The maximum atomic E-state index is 13.6. The second-order valence-electron chi connectivity index (χ2n) is 13.5. The van der Waals surface area contributed by atoms with Crippen LogP contribution in [0.2, 0.25) is 0 Å². The Bertz CT molecular complexity index is 1860. The van der Waals surface area contributed by atoms with Crippen molar-refractivity contribution in [2.24, 2.45) is 5.92 Å². The fraction of sp³-hybridized carbons (Fsp3) is 0.316. The Morgan fingerprint density at radius 2 is 1.62 bits per heavy atom. The van der Waals surface area contributed by atoms with Gasteiger partial charge in [0.25, 0.3) is 5.91 Å². The summed E-state index contributed by atoms with van der Waals surface area (Å²) >= 11 is 0. The van der Waals surface area contributed by atoms with Gasteiger partial charge in [0, 0.05) is 35.8 Å². The molecule has 0 saturated carbocycles. The first-order chi connectivity index (χ1) is 22.5. The van der Waals surface area contributed by atoms with Gasteiger partial charge in [-0.2, -0.15) is 5.10 Å². The molecule has 2 aromatic heterocycles.